The highest BCUT2D eigenvalue weighted by atomic mass is 19.1. The first-order valence-corrected chi connectivity index (χ1v) is 11.1. The Labute approximate surface area is 188 Å². The maximum Gasteiger partial charge on any atom is 0.315 e. The fourth-order valence-corrected chi connectivity index (χ4v) is 4.35. The molecule has 0 spiro atoms. The van der Waals surface area contributed by atoms with Crippen molar-refractivity contribution < 1.29 is 13.9 Å². The van der Waals surface area contributed by atoms with Crippen LogP contribution >= 0.6 is 0 Å². The largest absolute Gasteiger partial charge is 0.426 e. The Kier molecular flexibility index (Phi) is 6.66. The van der Waals surface area contributed by atoms with E-state index in [0.29, 0.717) is 22.6 Å². The van der Waals surface area contributed by atoms with Gasteiger partial charge in [0.2, 0.25) is 0 Å². The van der Waals surface area contributed by atoms with Gasteiger partial charge in [-0.25, -0.2) is 4.39 Å². The van der Waals surface area contributed by atoms with E-state index in [-0.39, 0.29) is 12.2 Å². The van der Waals surface area contributed by atoms with Gasteiger partial charge in [0.25, 0.3) is 0 Å². The van der Waals surface area contributed by atoms with E-state index < -0.39 is 11.8 Å². The second kappa shape index (κ2) is 9.78. The molecule has 4 heteroatoms. The highest BCUT2D eigenvalue weighted by Gasteiger charge is 2.19. The molecule has 3 aromatic rings. The molecule has 0 heterocycles. The average Bonchev–Trinajstić information content (AvgIpc) is 2.80. The van der Waals surface area contributed by atoms with Gasteiger partial charge in [-0.2, -0.15) is 5.26 Å². The zero-order chi connectivity index (χ0) is 22.5. The van der Waals surface area contributed by atoms with Crippen LogP contribution in [0.5, 0.6) is 5.75 Å². The summed E-state index contributed by atoms with van der Waals surface area (Å²) in [5, 5.41) is 8.89. The molecule has 0 aromatic heterocycles. The van der Waals surface area contributed by atoms with Crippen LogP contribution in [0, 0.1) is 23.1 Å². The van der Waals surface area contributed by atoms with Gasteiger partial charge in [0.05, 0.1) is 18.1 Å². The number of nitriles is 1. The summed E-state index contributed by atoms with van der Waals surface area (Å²) in [7, 11) is 0. The number of nitrogens with zero attached hydrogens (tertiary/aromatic N) is 1. The Bertz CT molecular complexity index is 1120. The lowest BCUT2D eigenvalue weighted by atomic mass is 9.79. The minimum absolute atomic E-state index is 0.140. The van der Waals surface area contributed by atoms with E-state index in [1.54, 1.807) is 36.4 Å². The van der Waals surface area contributed by atoms with E-state index in [1.165, 1.54) is 37.3 Å². The Morgan fingerprint density at radius 3 is 2.31 bits per heavy atom. The van der Waals surface area contributed by atoms with Crippen molar-refractivity contribution >= 4 is 5.97 Å². The zero-order valence-corrected chi connectivity index (χ0v) is 18.2. The molecule has 1 aliphatic rings. The summed E-state index contributed by atoms with van der Waals surface area (Å²) in [5.41, 5.74) is 3.79. The average molecular weight is 428 g/mol. The maximum atomic E-state index is 14.6. The molecule has 32 heavy (non-hydrogen) atoms. The van der Waals surface area contributed by atoms with Gasteiger partial charge in [-0.05, 0) is 65.6 Å². The third kappa shape index (κ3) is 5.23. The van der Waals surface area contributed by atoms with E-state index in [4.69, 9.17) is 10.00 Å². The van der Waals surface area contributed by atoms with E-state index in [0.717, 1.165) is 11.5 Å². The number of benzene rings is 3. The summed E-state index contributed by atoms with van der Waals surface area (Å²) in [5.74, 6) is 0.715. The van der Waals surface area contributed by atoms with Gasteiger partial charge in [0.15, 0.2) is 0 Å². The van der Waals surface area contributed by atoms with Gasteiger partial charge in [-0.15, -0.1) is 0 Å². The van der Waals surface area contributed by atoms with Crippen molar-refractivity contribution in [3.05, 3.63) is 89.2 Å². The molecule has 3 aromatic carbocycles. The highest BCUT2D eigenvalue weighted by molar-refractivity contribution is 5.75. The molecule has 0 amide bonds. The Hall–Kier alpha value is -3.45. The van der Waals surface area contributed by atoms with Crippen LogP contribution in [-0.2, 0) is 11.2 Å². The molecular weight excluding hydrogens is 401 g/mol. The number of carbonyl (C=O) groups is 1. The van der Waals surface area contributed by atoms with Crippen molar-refractivity contribution in [2.75, 3.05) is 0 Å². The number of hydrogen-bond acceptors (Lipinski definition) is 3. The Morgan fingerprint density at radius 1 is 1.00 bits per heavy atom. The summed E-state index contributed by atoms with van der Waals surface area (Å²) in [6, 6.07) is 21.3. The predicted molar refractivity (Wildman–Crippen MR) is 123 cm³/mol. The van der Waals surface area contributed by atoms with Crippen LogP contribution in [0.4, 0.5) is 4.39 Å². The molecule has 162 valence electrons. The summed E-state index contributed by atoms with van der Waals surface area (Å²) in [6.07, 6.45) is 5.15. The molecule has 1 fully saturated rings. The van der Waals surface area contributed by atoms with Crippen LogP contribution in [0.3, 0.4) is 0 Å². The van der Waals surface area contributed by atoms with Gasteiger partial charge >= 0.3 is 5.97 Å². The van der Waals surface area contributed by atoms with Crippen molar-refractivity contribution in [1.82, 2.24) is 0 Å². The number of hydrogen-bond donors (Lipinski definition) is 0. The quantitative estimate of drug-likeness (QED) is 0.332. The molecular formula is C28H26FNO2. The molecule has 0 unspecified atom stereocenters. The highest BCUT2D eigenvalue weighted by Crippen LogP contribution is 2.35. The molecule has 1 aliphatic carbocycles. The number of rotatable bonds is 5. The molecule has 1 saturated carbocycles. The van der Waals surface area contributed by atoms with Crippen molar-refractivity contribution in [3.63, 3.8) is 0 Å². The fraction of sp³-hybridized carbons (Fsp3) is 0.286. The summed E-state index contributed by atoms with van der Waals surface area (Å²) < 4.78 is 19.9. The molecule has 3 nitrogen and oxygen atoms in total. The van der Waals surface area contributed by atoms with E-state index in [2.05, 4.69) is 19.1 Å². The van der Waals surface area contributed by atoms with Crippen LogP contribution < -0.4 is 4.74 Å². The minimum Gasteiger partial charge on any atom is -0.426 e. The first-order chi connectivity index (χ1) is 15.5. The SMILES string of the molecule is CC1CCC(c2ccc(CC(=O)Oc3ccc(-c4ccc(C#N)cc4)c(F)c3)cc2)CC1. The van der Waals surface area contributed by atoms with E-state index >= 15 is 0 Å². The molecule has 0 atom stereocenters. The standard InChI is InChI=1S/C28H26FNO2/c1-19-2-8-22(9-3-19)23-10-4-20(5-11-23)16-28(31)32-25-14-15-26(27(29)17-25)24-12-6-21(18-30)7-13-24/h4-7,10-15,17,19,22H,2-3,8-9,16H2,1H3. The van der Waals surface area contributed by atoms with E-state index in [1.807, 2.05) is 18.2 Å². The van der Waals surface area contributed by atoms with Gasteiger partial charge < -0.3 is 4.74 Å². The van der Waals surface area contributed by atoms with Gasteiger partial charge in [-0.1, -0.05) is 56.2 Å². The minimum atomic E-state index is -0.480. The number of carbonyl (C=O) groups excluding carboxylic acids is 1. The van der Waals surface area contributed by atoms with Crippen molar-refractivity contribution in [2.24, 2.45) is 5.92 Å². The number of esters is 1. The zero-order valence-electron chi connectivity index (χ0n) is 18.2. The topological polar surface area (TPSA) is 50.1 Å². The first-order valence-electron chi connectivity index (χ1n) is 11.1. The number of halogens is 1. The molecule has 4 rings (SSSR count). The lowest BCUT2D eigenvalue weighted by Gasteiger charge is -2.26. The normalized spacial score (nSPS) is 18.0. The molecule has 0 N–H and O–H groups in total. The second-order valence-corrected chi connectivity index (χ2v) is 8.68. The molecule has 0 bridgehead atoms. The lowest BCUT2D eigenvalue weighted by molar-refractivity contribution is -0.133. The van der Waals surface area contributed by atoms with Crippen LogP contribution in [0.15, 0.2) is 66.7 Å². The van der Waals surface area contributed by atoms with Crippen molar-refractivity contribution in [1.29, 1.82) is 5.26 Å². The second-order valence-electron chi connectivity index (χ2n) is 8.68. The van der Waals surface area contributed by atoms with Gasteiger partial charge in [-0.3, -0.25) is 4.79 Å². The van der Waals surface area contributed by atoms with Crippen LogP contribution in [0.25, 0.3) is 11.1 Å². The van der Waals surface area contributed by atoms with Crippen molar-refractivity contribution in [2.45, 2.75) is 44.9 Å². The summed E-state index contributed by atoms with van der Waals surface area (Å²) in [4.78, 5) is 12.4. The third-order valence-corrected chi connectivity index (χ3v) is 6.31. The van der Waals surface area contributed by atoms with Crippen LogP contribution in [-0.4, -0.2) is 5.97 Å². The smallest absolute Gasteiger partial charge is 0.315 e. The van der Waals surface area contributed by atoms with E-state index in [9.17, 15) is 9.18 Å². The molecule has 0 radical (unpaired) electrons. The third-order valence-electron chi connectivity index (χ3n) is 6.31. The Balaban J connectivity index is 1.36. The monoisotopic (exact) mass is 427 g/mol. The lowest BCUT2D eigenvalue weighted by Crippen LogP contribution is -2.12. The van der Waals surface area contributed by atoms with Crippen molar-refractivity contribution in [3.8, 4) is 22.9 Å². The summed E-state index contributed by atoms with van der Waals surface area (Å²) >= 11 is 0. The fourth-order valence-electron chi connectivity index (χ4n) is 4.35. The molecule has 0 aliphatic heterocycles. The van der Waals surface area contributed by atoms with Gasteiger partial charge in [0, 0.05) is 11.6 Å². The molecule has 0 saturated heterocycles. The van der Waals surface area contributed by atoms with Crippen LogP contribution in [0.1, 0.15) is 55.2 Å². The number of ether oxygens (including phenoxy) is 1. The summed E-state index contributed by atoms with van der Waals surface area (Å²) in [6.45, 7) is 2.32. The van der Waals surface area contributed by atoms with Gasteiger partial charge in [0.1, 0.15) is 11.6 Å². The first kappa shape index (κ1) is 21.8. The maximum absolute atomic E-state index is 14.6. The Morgan fingerprint density at radius 2 is 1.69 bits per heavy atom. The predicted octanol–water partition coefficient (Wildman–Crippen LogP) is 6.81. The van der Waals surface area contributed by atoms with Crippen LogP contribution in [0.2, 0.25) is 0 Å².